The Morgan fingerprint density at radius 1 is 1.26 bits per heavy atom. The van der Waals surface area contributed by atoms with E-state index in [1.165, 1.54) is 4.88 Å². The molecule has 0 radical (unpaired) electrons. The van der Waals surface area contributed by atoms with E-state index in [-0.39, 0.29) is 6.04 Å². The van der Waals surface area contributed by atoms with Gasteiger partial charge in [0.15, 0.2) is 0 Å². The lowest BCUT2D eigenvalue weighted by Crippen LogP contribution is -2.14. The largest absolute Gasteiger partial charge is 0.319 e. The highest BCUT2D eigenvalue weighted by atomic mass is 79.9. The molecular formula is C15H13BrN2S. The standard InChI is InChI=1S/C15H13BrN2S/c1-9-11(6-7-19-9)14(17)15-12(16)8-10-4-2-3-5-13(10)18-15/h2-8,14H,17H2,1H3. The highest BCUT2D eigenvalue weighted by Crippen LogP contribution is 2.31. The molecule has 1 unspecified atom stereocenters. The molecule has 0 aliphatic carbocycles. The second-order valence-corrected chi connectivity index (χ2v) is 6.43. The molecule has 0 aliphatic rings. The van der Waals surface area contributed by atoms with Crippen molar-refractivity contribution < 1.29 is 0 Å². The van der Waals surface area contributed by atoms with E-state index in [9.17, 15) is 0 Å². The lowest BCUT2D eigenvalue weighted by Gasteiger charge is -2.14. The number of aromatic nitrogens is 1. The Balaban J connectivity index is 2.14. The second kappa shape index (κ2) is 5.04. The molecule has 96 valence electrons. The maximum absolute atomic E-state index is 6.37. The third-order valence-corrected chi connectivity index (χ3v) is 4.73. The van der Waals surface area contributed by atoms with Crippen LogP contribution in [-0.4, -0.2) is 4.98 Å². The van der Waals surface area contributed by atoms with E-state index in [4.69, 9.17) is 10.7 Å². The smallest absolute Gasteiger partial charge is 0.0766 e. The minimum Gasteiger partial charge on any atom is -0.319 e. The van der Waals surface area contributed by atoms with Gasteiger partial charge in [-0.1, -0.05) is 18.2 Å². The van der Waals surface area contributed by atoms with Crippen molar-refractivity contribution in [2.24, 2.45) is 5.73 Å². The molecule has 0 bridgehead atoms. The molecule has 1 atom stereocenters. The lowest BCUT2D eigenvalue weighted by molar-refractivity contribution is 0.828. The molecule has 4 heteroatoms. The van der Waals surface area contributed by atoms with Crippen LogP contribution in [0.25, 0.3) is 10.9 Å². The number of rotatable bonds is 2. The van der Waals surface area contributed by atoms with Crippen LogP contribution in [0.15, 0.2) is 46.3 Å². The van der Waals surface area contributed by atoms with Gasteiger partial charge in [-0.3, -0.25) is 0 Å². The third-order valence-electron chi connectivity index (χ3n) is 3.23. The number of pyridine rings is 1. The summed E-state index contributed by atoms with van der Waals surface area (Å²) in [5, 5.41) is 3.19. The number of para-hydroxylation sites is 1. The maximum Gasteiger partial charge on any atom is 0.0766 e. The Morgan fingerprint density at radius 2 is 2.05 bits per heavy atom. The number of halogens is 1. The van der Waals surface area contributed by atoms with Gasteiger partial charge < -0.3 is 5.73 Å². The molecule has 3 rings (SSSR count). The summed E-state index contributed by atoms with van der Waals surface area (Å²) in [6.45, 7) is 2.09. The van der Waals surface area contributed by atoms with Gasteiger partial charge in [-0.2, -0.15) is 0 Å². The Labute approximate surface area is 124 Å². The van der Waals surface area contributed by atoms with Crippen molar-refractivity contribution >= 4 is 38.2 Å². The van der Waals surface area contributed by atoms with Crippen LogP contribution in [0.5, 0.6) is 0 Å². The van der Waals surface area contributed by atoms with Gasteiger partial charge in [0.1, 0.15) is 0 Å². The van der Waals surface area contributed by atoms with Crippen molar-refractivity contribution in [3.05, 3.63) is 62.4 Å². The minimum absolute atomic E-state index is 0.190. The lowest BCUT2D eigenvalue weighted by atomic mass is 10.0. The SMILES string of the molecule is Cc1sccc1C(N)c1nc2ccccc2cc1Br. The quantitative estimate of drug-likeness (QED) is 0.754. The molecule has 3 aromatic rings. The number of nitrogens with two attached hydrogens (primary N) is 1. The van der Waals surface area contributed by atoms with Crippen LogP contribution < -0.4 is 5.73 Å². The molecule has 2 heterocycles. The van der Waals surface area contributed by atoms with Crippen LogP contribution in [0, 0.1) is 6.92 Å². The number of thiophene rings is 1. The first kappa shape index (κ1) is 12.8. The Bertz CT molecular complexity index is 736. The predicted octanol–water partition coefficient (Wildman–Crippen LogP) is 4.42. The first-order valence-corrected chi connectivity index (χ1v) is 7.69. The average molecular weight is 333 g/mol. The third kappa shape index (κ3) is 2.31. The summed E-state index contributed by atoms with van der Waals surface area (Å²) in [6.07, 6.45) is 0. The van der Waals surface area contributed by atoms with E-state index < -0.39 is 0 Å². The Kier molecular flexibility index (Phi) is 3.39. The van der Waals surface area contributed by atoms with Gasteiger partial charge >= 0.3 is 0 Å². The molecule has 0 fully saturated rings. The molecule has 2 nitrogen and oxygen atoms in total. The van der Waals surface area contributed by atoms with E-state index in [0.29, 0.717) is 0 Å². The molecule has 0 aliphatic heterocycles. The summed E-state index contributed by atoms with van der Waals surface area (Å²) in [4.78, 5) is 5.95. The van der Waals surface area contributed by atoms with Gasteiger partial charge in [0.25, 0.3) is 0 Å². The number of aryl methyl sites for hydroxylation is 1. The van der Waals surface area contributed by atoms with Crippen LogP contribution in [0.3, 0.4) is 0 Å². The van der Waals surface area contributed by atoms with Crippen LogP contribution in [0.1, 0.15) is 22.2 Å². The van der Waals surface area contributed by atoms with Crippen molar-refractivity contribution in [2.75, 3.05) is 0 Å². The minimum atomic E-state index is -0.190. The van der Waals surface area contributed by atoms with Crippen molar-refractivity contribution in [2.45, 2.75) is 13.0 Å². The van der Waals surface area contributed by atoms with E-state index >= 15 is 0 Å². The molecular weight excluding hydrogens is 320 g/mol. The van der Waals surface area contributed by atoms with Crippen molar-refractivity contribution in [3.63, 3.8) is 0 Å². The average Bonchev–Trinajstić information content (AvgIpc) is 2.83. The number of benzene rings is 1. The molecule has 1 aromatic carbocycles. The highest BCUT2D eigenvalue weighted by molar-refractivity contribution is 9.10. The maximum atomic E-state index is 6.37. The summed E-state index contributed by atoms with van der Waals surface area (Å²) in [5.74, 6) is 0. The fourth-order valence-corrected chi connectivity index (χ4v) is 3.52. The molecule has 0 spiro atoms. The molecule has 0 saturated heterocycles. The van der Waals surface area contributed by atoms with Gasteiger partial charge in [-0.05, 0) is 52.0 Å². The summed E-state index contributed by atoms with van der Waals surface area (Å²) in [5.41, 5.74) is 9.38. The predicted molar refractivity (Wildman–Crippen MR) is 84.5 cm³/mol. The van der Waals surface area contributed by atoms with Gasteiger partial charge in [-0.15, -0.1) is 11.3 Å². The van der Waals surface area contributed by atoms with Crippen molar-refractivity contribution in [3.8, 4) is 0 Å². The van der Waals surface area contributed by atoms with E-state index in [1.54, 1.807) is 11.3 Å². The highest BCUT2D eigenvalue weighted by Gasteiger charge is 2.17. The summed E-state index contributed by atoms with van der Waals surface area (Å²) >= 11 is 5.30. The molecule has 19 heavy (non-hydrogen) atoms. The van der Waals surface area contributed by atoms with Crippen LogP contribution in [-0.2, 0) is 0 Å². The topological polar surface area (TPSA) is 38.9 Å². The fraction of sp³-hybridized carbons (Fsp3) is 0.133. The van der Waals surface area contributed by atoms with Crippen LogP contribution in [0.2, 0.25) is 0 Å². The van der Waals surface area contributed by atoms with Crippen molar-refractivity contribution in [1.29, 1.82) is 0 Å². The van der Waals surface area contributed by atoms with E-state index in [2.05, 4.69) is 46.4 Å². The summed E-state index contributed by atoms with van der Waals surface area (Å²) in [7, 11) is 0. The Hall–Kier alpha value is -1.23. The van der Waals surface area contributed by atoms with Gasteiger partial charge in [0, 0.05) is 14.7 Å². The molecule has 0 amide bonds. The van der Waals surface area contributed by atoms with Crippen LogP contribution in [0.4, 0.5) is 0 Å². The number of fused-ring (bicyclic) bond motifs is 1. The monoisotopic (exact) mass is 332 g/mol. The normalized spacial score (nSPS) is 12.8. The van der Waals surface area contributed by atoms with E-state index in [1.807, 2.05) is 18.2 Å². The number of nitrogens with zero attached hydrogens (tertiary/aromatic N) is 1. The zero-order chi connectivity index (χ0) is 13.4. The fourth-order valence-electron chi connectivity index (χ4n) is 2.19. The summed E-state index contributed by atoms with van der Waals surface area (Å²) in [6, 6.07) is 12.0. The van der Waals surface area contributed by atoms with E-state index in [0.717, 1.165) is 26.6 Å². The number of hydrogen-bond acceptors (Lipinski definition) is 3. The number of hydrogen-bond donors (Lipinski definition) is 1. The molecule has 0 saturated carbocycles. The zero-order valence-corrected chi connectivity index (χ0v) is 12.8. The molecule has 2 aromatic heterocycles. The zero-order valence-electron chi connectivity index (χ0n) is 10.4. The van der Waals surface area contributed by atoms with Gasteiger partial charge in [0.05, 0.1) is 17.3 Å². The van der Waals surface area contributed by atoms with Crippen LogP contribution >= 0.6 is 27.3 Å². The second-order valence-electron chi connectivity index (χ2n) is 4.46. The first-order chi connectivity index (χ1) is 9.16. The molecule has 2 N–H and O–H groups in total. The summed E-state index contributed by atoms with van der Waals surface area (Å²) < 4.78 is 0.962. The van der Waals surface area contributed by atoms with Crippen molar-refractivity contribution in [1.82, 2.24) is 4.98 Å². The first-order valence-electron chi connectivity index (χ1n) is 6.01. The Morgan fingerprint density at radius 3 is 2.79 bits per heavy atom. The van der Waals surface area contributed by atoms with Gasteiger partial charge in [0.2, 0.25) is 0 Å². The van der Waals surface area contributed by atoms with Gasteiger partial charge in [-0.25, -0.2) is 4.98 Å².